The molecule has 1 amide bonds. The number of halogens is 1. The summed E-state index contributed by atoms with van der Waals surface area (Å²) in [5.74, 6) is 1.62. The number of hydrogen-bond acceptors (Lipinski definition) is 5. The van der Waals surface area contributed by atoms with Crippen LogP contribution in [-0.4, -0.2) is 26.4 Å². The molecule has 0 radical (unpaired) electrons. The van der Waals surface area contributed by atoms with E-state index in [9.17, 15) is 4.79 Å². The molecule has 6 nitrogen and oxygen atoms in total. The van der Waals surface area contributed by atoms with Crippen LogP contribution in [0, 0.1) is 6.92 Å². The lowest BCUT2D eigenvalue weighted by Gasteiger charge is -2.16. The molecule has 1 aromatic heterocycles. The maximum atomic E-state index is 12.4. The summed E-state index contributed by atoms with van der Waals surface area (Å²) in [7, 11) is 0. The highest BCUT2D eigenvalue weighted by molar-refractivity contribution is 7.99. The van der Waals surface area contributed by atoms with Crippen molar-refractivity contribution in [1.82, 2.24) is 14.8 Å². The lowest BCUT2D eigenvalue weighted by atomic mass is 10.2. The Morgan fingerprint density at radius 2 is 1.94 bits per heavy atom. The second-order valence-electron chi connectivity index (χ2n) is 7.14. The van der Waals surface area contributed by atoms with Crippen molar-refractivity contribution in [1.29, 1.82) is 0 Å². The number of rotatable bonds is 9. The Balaban J connectivity index is 1.63. The van der Waals surface area contributed by atoms with E-state index in [2.05, 4.69) is 34.6 Å². The summed E-state index contributed by atoms with van der Waals surface area (Å²) in [6.45, 7) is 8.71. The van der Waals surface area contributed by atoms with Crippen LogP contribution in [0.2, 0.25) is 5.02 Å². The molecule has 2 aromatic carbocycles. The third-order valence-electron chi connectivity index (χ3n) is 4.88. The van der Waals surface area contributed by atoms with Gasteiger partial charge in [0.05, 0.1) is 5.75 Å². The summed E-state index contributed by atoms with van der Waals surface area (Å²) in [6.07, 6.45) is 0.725. The first kappa shape index (κ1) is 23.2. The first-order chi connectivity index (χ1) is 14.9. The van der Waals surface area contributed by atoms with E-state index >= 15 is 0 Å². The summed E-state index contributed by atoms with van der Waals surface area (Å²) in [5.41, 5.74) is 2.94. The highest BCUT2D eigenvalue weighted by Crippen LogP contribution is 2.26. The summed E-state index contributed by atoms with van der Waals surface area (Å²) >= 11 is 7.38. The van der Waals surface area contributed by atoms with Crippen LogP contribution in [0.5, 0.6) is 5.75 Å². The monoisotopic (exact) mass is 458 g/mol. The van der Waals surface area contributed by atoms with Crippen LogP contribution in [0.1, 0.15) is 43.8 Å². The van der Waals surface area contributed by atoms with Gasteiger partial charge in [-0.2, -0.15) is 0 Å². The molecule has 3 rings (SSSR count). The molecule has 31 heavy (non-hydrogen) atoms. The van der Waals surface area contributed by atoms with Gasteiger partial charge in [-0.15, -0.1) is 10.2 Å². The predicted molar refractivity (Wildman–Crippen MR) is 126 cm³/mol. The van der Waals surface area contributed by atoms with Gasteiger partial charge in [-0.05, 0) is 62.6 Å². The van der Waals surface area contributed by atoms with E-state index in [4.69, 9.17) is 16.3 Å². The molecule has 0 aliphatic rings. The van der Waals surface area contributed by atoms with Crippen LogP contribution in [0.15, 0.2) is 47.6 Å². The maximum Gasteiger partial charge on any atom is 0.234 e. The summed E-state index contributed by atoms with van der Waals surface area (Å²) < 4.78 is 8.04. The number of carbonyl (C=O) groups excluding carboxylic acids is 1. The van der Waals surface area contributed by atoms with Gasteiger partial charge in [0, 0.05) is 17.3 Å². The number of anilines is 1. The normalized spacial score (nSPS) is 11.9. The Hall–Kier alpha value is -2.51. The average Bonchev–Trinajstić information content (AvgIpc) is 3.18. The van der Waals surface area contributed by atoms with Crippen LogP contribution in [0.4, 0.5) is 5.69 Å². The Bertz CT molecular complexity index is 1040. The van der Waals surface area contributed by atoms with E-state index in [-0.39, 0.29) is 17.8 Å². The molecular formula is C23H27ClN4O2S. The Labute approximate surface area is 192 Å². The number of ether oxygens (including phenoxy) is 1. The zero-order valence-electron chi connectivity index (χ0n) is 18.2. The average molecular weight is 459 g/mol. The van der Waals surface area contributed by atoms with E-state index in [0.29, 0.717) is 22.4 Å². The zero-order chi connectivity index (χ0) is 22.4. The molecule has 1 heterocycles. The topological polar surface area (TPSA) is 69.0 Å². The first-order valence-corrected chi connectivity index (χ1v) is 11.6. The van der Waals surface area contributed by atoms with Crippen molar-refractivity contribution in [2.75, 3.05) is 11.1 Å². The highest BCUT2D eigenvalue weighted by Gasteiger charge is 2.19. The molecular weight excluding hydrogens is 432 g/mol. The largest absolute Gasteiger partial charge is 0.483 e. The zero-order valence-corrected chi connectivity index (χ0v) is 19.8. The number of aryl methyl sites for hydroxylation is 2. The van der Waals surface area contributed by atoms with Crippen molar-refractivity contribution in [2.24, 2.45) is 0 Å². The molecule has 0 aliphatic heterocycles. The lowest BCUT2D eigenvalue weighted by Crippen LogP contribution is -2.16. The molecule has 8 heteroatoms. The molecule has 164 valence electrons. The SMILES string of the molecule is CCc1ccc(O[C@H](C)c2nnc(SCC(=O)Nc3cc(Cl)ccc3C)n2CC)cc1. The van der Waals surface area contributed by atoms with Gasteiger partial charge in [0.25, 0.3) is 0 Å². The molecule has 0 bridgehead atoms. The second-order valence-corrected chi connectivity index (χ2v) is 8.52. The summed E-state index contributed by atoms with van der Waals surface area (Å²) in [6, 6.07) is 13.5. The van der Waals surface area contributed by atoms with Gasteiger partial charge in [-0.25, -0.2) is 0 Å². The standard InChI is InChI=1S/C23H27ClN4O2S/c1-5-17-8-11-19(12-9-17)30-16(4)22-26-27-23(28(22)6-2)31-14-21(29)25-20-13-18(24)10-7-15(20)3/h7-13,16H,5-6,14H2,1-4H3,(H,25,29)/t16-/m1/s1. The highest BCUT2D eigenvalue weighted by atomic mass is 35.5. The van der Waals surface area contributed by atoms with E-state index < -0.39 is 0 Å². The van der Waals surface area contributed by atoms with Gasteiger partial charge in [0.2, 0.25) is 5.91 Å². The molecule has 0 saturated carbocycles. The van der Waals surface area contributed by atoms with Crippen molar-refractivity contribution in [3.63, 3.8) is 0 Å². The number of carbonyl (C=O) groups is 1. The minimum atomic E-state index is -0.266. The van der Waals surface area contributed by atoms with E-state index in [1.807, 2.05) is 43.5 Å². The first-order valence-electron chi connectivity index (χ1n) is 10.3. The van der Waals surface area contributed by atoms with Crippen LogP contribution in [0.3, 0.4) is 0 Å². The molecule has 0 fully saturated rings. The smallest absolute Gasteiger partial charge is 0.234 e. The van der Waals surface area contributed by atoms with Crippen molar-refractivity contribution in [3.8, 4) is 5.75 Å². The molecule has 0 aliphatic carbocycles. The quantitative estimate of drug-likeness (QED) is 0.417. The molecule has 1 atom stereocenters. The fourth-order valence-electron chi connectivity index (χ4n) is 3.11. The van der Waals surface area contributed by atoms with Crippen molar-refractivity contribution in [3.05, 3.63) is 64.4 Å². The summed E-state index contributed by atoms with van der Waals surface area (Å²) in [4.78, 5) is 12.4. The minimum absolute atomic E-state index is 0.122. The van der Waals surface area contributed by atoms with Crippen molar-refractivity contribution in [2.45, 2.75) is 51.9 Å². The number of nitrogens with one attached hydrogen (secondary N) is 1. The fraction of sp³-hybridized carbons (Fsp3) is 0.348. The minimum Gasteiger partial charge on any atom is -0.483 e. The molecule has 0 unspecified atom stereocenters. The Morgan fingerprint density at radius 1 is 1.19 bits per heavy atom. The number of hydrogen-bond donors (Lipinski definition) is 1. The van der Waals surface area contributed by atoms with Crippen molar-refractivity contribution < 1.29 is 9.53 Å². The number of amides is 1. The van der Waals surface area contributed by atoms with E-state index in [1.165, 1.54) is 17.3 Å². The molecule has 0 spiro atoms. The van der Waals surface area contributed by atoms with Gasteiger partial charge >= 0.3 is 0 Å². The van der Waals surface area contributed by atoms with Gasteiger partial charge in [0.1, 0.15) is 5.75 Å². The Morgan fingerprint density at radius 3 is 2.61 bits per heavy atom. The number of aromatic nitrogens is 3. The third kappa shape index (κ3) is 6.02. The van der Waals surface area contributed by atoms with Gasteiger partial charge in [0.15, 0.2) is 17.1 Å². The number of benzene rings is 2. The van der Waals surface area contributed by atoms with Crippen LogP contribution < -0.4 is 10.1 Å². The van der Waals surface area contributed by atoms with Crippen LogP contribution >= 0.6 is 23.4 Å². The molecule has 0 saturated heterocycles. The lowest BCUT2D eigenvalue weighted by molar-refractivity contribution is -0.113. The third-order valence-corrected chi connectivity index (χ3v) is 6.08. The fourth-order valence-corrected chi connectivity index (χ4v) is 4.09. The number of nitrogens with zero attached hydrogens (tertiary/aromatic N) is 3. The summed E-state index contributed by atoms with van der Waals surface area (Å²) in [5, 5.41) is 12.8. The van der Waals surface area contributed by atoms with Crippen LogP contribution in [-0.2, 0) is 17.8 Å². The van der Waals surface area contributed by atoms with Gasteiger partial charge in [-0.3, -0.25) is 4.79 Å². The predicted octanol–water partition coefficient (Wildman–Crippen LogP) is 5.69. The molecule has 3 aromatic rings. The van der Waals surface area contributed by atoms with Gasteiger partial charge in [-0.1, -0.05) is 48.5 Å². The van der Waals surface area contributed by atoms with Gasteiger partial charge < -0.3 is 14.6 Å². The van der Waals surface area contributed by atoms with E-state index in [1.54, 1.807) is 12.1 Å². The maximum absolute atomic E-state index is 12.4. The second kappa shape index (κ2) is 10.7. The number of thioether (sulfide) groups is 1. The van der Waals surface area contributed by atoms with E-state index in [0.717, 1.165) is 23.6 Å². The van der Waals surface area contributed by atoms with Crippen LogP contribution in [0.25, 0.3) is 0 Å². The van der Waals surface area contributed by atoms with Crippen molar-refractivity contribution >= 4 is 35.0 Å². The molecule has 1 N–H and O–H groups in total. The Kier molecular flexibility index (Phi) is 7.98.